The van der Waals surface area contributed by atoms with Crippen molar-refractivity contribution in [3.05, 3.63) is 0 Å². The van der Waals surface area contributed by atoms with Gasteiger partial charge in [-0.05, 0) is 6.16 Å². The van der Waals surface area contributed by atoms with Crippen molar-refractivity contribution in [3.63, 3.8) is 0 Å². The third-order valence-corrected chi connectivity index (χ3v) is 0. The summed E-state index contributed by atoms with van der Waals surface area (Å²) in [6, 6.07) is 0. The first-order valence-corrected chi connectivity index (χ1v) is 15.6. The van der Waals surface area contributed by atoms with Crippen LogP contribution >= 0.6 is 0 Å². The van der Waals surface area contributed by atoms with Gasteiger partial charge in [-0.2, -0.15) is 0 Å². The molecule has 584 valence electrons. The number of rotatable bonds is 0. The summed E-state index contributed by atoms with van der Waals surface area (Å²) in [5.41, 5.74) is 0. The maximum Gasteiger partial charge on any atom is 2.00 e. The molecule has 72 nitrogen and oxygen atoms in total. The Hall–Kier alpha value is -16.9. The van der Waals surface area contributed by atoms with Crippen molar-refractivity contribution < 1.29 is 381 Å². The van der Waals surface area contributed by atoms with Crippen LogP contribution in [-0.4, -0.2) is 383 Å². The summed E-state index contributed by atoms with van der Waals surface area (Å²) < 4.78 is 0. The van der Waals surface area contributed by atoms with Gasteiger partial charge in [0.15, 0.2) is 0 Å². The van der Waals surface area contributed by atoms with Crippen LogP contribution < -0.4 is 10.2 Å². The molecule has 0 unspecified atom stereocenters. The summed E-state index contributed by atoms with van der Waals surface area (Å²) >= 11 is 0. The largest absolute Gasteiger partial charge is 2.00 e. The van der Waals surface area contributed by atoms with Crippen LogP contribution in [0.4, 0.5) is 115 Å². The van der Waals surface area contributed by atoms with Crippen LogP contribution in [0.25, 0.3) is 0 Å². The summed E-state index contributed by atoms with van der Waals surface area (Å²) in [4.78, 5) is 205. The van der Waals surface area contributed by atoms with Gasteiger partial charge in [0.1, 0.15) is 0 Å². The average molecular weight is 1590 g/mol. The van der Waals surface area contributed by atoms with E-state index >= 15 is 0 Å². The van der Waals surface area contributed by atoms with Gasteiger partial charge in [-0.25, -0.2) is 110 Å². The Kier molecular flexibility index (Phi) is 270. The van der Waals surface area contributed by atoms with E-state index in [0.717, 1.165) is 0 Å². The Bertz CT molecular complexity index is 1300. The minimum atomic E-state index is -2.33. The molecular weight excluding hydrogens is 1550 g/mol. The Morgan fingerprint density at radius 3 is 0.103 bits per heavy atom. The number of hydrogen-bond acceptors (Lipinski definition) is 26. The van der Waals surface area contributed by atoms with Gasteiger partial charge in [0, 0.05) is 0 Å². The zero-order chi connectivity index (χ0) is 85.9. The van der Waals surface area contributed by atoms with Gasteiger partial charge >= 0.3 is 162 Å². The minimum absolute atomic E-state index is 0. The van der Waals surface area contributed by atoms with Gasteiger partial charge in [-0.3, -0.25) is 0 Å². The third-order valence-electron chi connectivity index (χ3n) is 0. The fourth-order valence-electron chi connectivity index (χ4n) is 0. The van der Waals surface area contributed by atoms with Crippen LogP contribution in [0.3, 0.4) is 0 Å². The van der Waals surface area contributed by atoms with Gasteiger partial charge < -0.3 is 250 Å². The fourth-order valence-corrected chi connectivity index (χ4v) is 0. The van der Waals surface area contributed by atoms with E-state index in [9.17, 15) is 0 Å². The predicted molar refractivity (Wildman–Crippen MR) is 250 cm³/mol. The monoisotopic (exact) mass is 1590 g/mol. The molecule has 0 rings (SSSR count). The second-order valence-electron chi connectivity index (χ2n) is 6.75. The molecule has 73 heteroatoms. The standard InChI is InChI=1S/24CH2O3.Pd/c24*2-1(3)4;/h24*(H2,2,3,4);/q;;;;;;;;;;;;;;;;;;;;;;;;+2/p-2. The second-order valence-corrected chi connectivity index (χ2v) is 6.75. The van der Waals surface area contributed by atoms with Crippen molar-refractivity contribution in [2.24, 2.45) is 0 Å². The van der Waals surface area contributed by atoms with Gasteiger partial charge in [-0.1, -0.05) is 0 Å². The summed E-state index contributed by atoms with van der Waals surface area (Å²) in [6.45, 7) is 0. The first-order chi connectivity index (χ1) is 41.6. The molecule has 0 saturated heterocycles. The summed E-state index contributed by atoms with van der Waals surface area (Å²) in [7, 11) is 0. The first kappa shape index (κ1) is 165. The van der Waals surface area contributed by atoms with E-state index in [1.165, 1.54) is 0 Å². The van der Waals surface area contributed by atoms with Crippen LogP contribution in [0, 0.1) is 0 Å². The molecule has 0 aliphatic carbocycles. The van der Waals surface area contributed by atoms with E-state index in [1.54, 1.807) is 0 Å². The van der Waals surface area contributed by atoms with Gasteiger partial charge in [-0.15, -0.1) is 0 Å². The average Bonchev–Trinajstić information content (AvgIpc) is 3.12. The van der Waals surface area contributed by atoms with Crippen LogP contribution in [0.2, 0.25) is 0 Å². The molecule has 97 heavy (non-hydrogen) atoms. The van der Waals surface area contributed by atoms with Crippen LogP contribution in [-0.2, 0) is 20.4 Å². The van der Waals surface area contributed by atoms with E-state index in [1.807, 2.05) is 0 Å². The van der Waals surface area contributed by atoms with E-state index in [0.29, 0.717) is 0 Å². The zero-order valence-electron chi connectivity index (χ0n) is 43.5. The molecule has 0 aromatic carbocycles. The quantitative estimate of drug-likeness (QED) is 0.155. The Labute approximate surface area is 528 Å². The van der Waals surface area contributed by atoms with Gasteiger partial charge in [0.25, 0.3) is 0 Å². The van der Waals surface area contributed by atoms with Crippen molar-refractivity contribution in [1.82, 2.24) is 0 Å². The molecule has 0 aliphatic heterocycles. The van der Waals surface area contributed by atoms with Gasteiger partial charge in [0.2, 0.25) is 0 Å². The molecule has 46 N–H and O–H groups in total. The van der Waals surface area contributed by atoms with E-state index in [2.05, 4.69) is 0 Å². The second kappa shape index (κ2) is 159. The van der Waals surface area contributed by atoms with Crippen molar-refractivity contribution in [2.45, 2.75) is 0 Å². The zero-order valence-corrected chi connectivity index (χ0v) is 45.1. The molecule has 0 amide bonds. The number of carbonyl (C=O) groups excluding carboxylic acids is 1. The van der Waals surface area contributed by atoms with Crippen LogP contribution in [0.15, 0.2) is 0 Å². The topological polar surface area (TPSA) is 1390 Å². The molecule has 0 aromatic rings. The maximum atomic E-state index is 8.56. The van der Waals surface area contributed by atoms with Crippen LogP contribution in [0.5, 0.6) is 0 Å². The molecule has 0 fully saturated rings. The molecule has 0 heterocycles. The van der Waals surface area contributed by atoms with Crippen molar-refractivity contribution in [1.29, 1.82) is 0 Å². The Morgan fingerprint density at radius 1 is 0.103 bits per heavy atom. The van der Waals surface area contributed by atoms with Crippen molar-refractivity contribution >= 4 is 148 Å². The smallest absolute Gasteiger partial charge is 0.652 e. The number of carbonyl (C=O) groups is 24. The molecule has 0 aliphatic rings. The first-order valence-electron chi connectivity index (χ1n) is 15.6. The predicted octanol–water partition coefficient (Wildman–Crippen LogP) is 2.67. The SMILES string of the molecule is O=C(O)O.O=C(O)O.O=C(O)O.O=C(O)O.O=C(O)O.O=C(O)O.O=C(O)O.O=C(O)O.O=C(O)O.O=C(O)O.O=C(O)O.O=C(O)O.O=C(O)O.O=C(O)O.O=C(O)O.O=C(O)O.O=C(O)O.O=C(O)O.O=C(O)O.O=C(O)O.O=C(O)O.O=C(O)O.O=C(O)O.O=C([O-])[O-].[Pd+2]. The van der Waals surface area contributed by atoms with E-state index in [4.69, 9.17) is 360 Å². The normalized spacial score (nSPS) is 5.94. The number of hydrogen-bond donors (Lipinski definition) is 46. The molecule has 0 atom stereocenters. The van der Waals surface area contributed by atoms with Gasteiger partial charge in [0.05, 0.1) is 0 Å². The maximum absolute atomic E-state index is 8.56. The third kappa shape index (κ3) is 1660. The molecule has 0 bridgehead atoms. The summed E-state index contributed by atoms with van der Waals surface area (Å²) in [5.74, 6) is 0. The van der Waals surface area contributed by atoms with E-state index in [-0.39, 0.29) is 20.4 Å². The van der Waals surface area contributed by atoms with Crippen molar-refractivity contribution in [2.75, 3.05) is 0 Å². The Balaban J connectivity index is -0.0000000242. The summed E-state index contributed by atoms with van der Waals surface area (Å²) in [6.07, 6.45) is -44.5. The molecule has 0 radical (unpaired) electrons. The van der Waals surface area contributed by atoms with Crippen molar-refractivity contribution in [3.8, 4) is 0 Å². The van der Waals surface area contributed by atoms with E-state index < -0.39 is 148 Å². The Morgan fingerprint density at radius 2 is 0.103 bits per heavy atom. The summed E-state index contributed by atoms with van der Waals surface area (Å²) in [5, 5.41) is 337. The molecule has 0 spiro atoms. The van der Waals surface area contributed by atoms with Crippen LogP contribution in [0.1, 0.15) is 0 Å². The molecular formula is C24H46O72Pd. The minimum Gasteiger partial charge on any atom is -0.652 e. The molecule has 0 saturated carbocycles. The molecule has 0 aromatic heterocycles. The number of carboxylic acid groups (broad SMARTS) is 48. The fraction of sp³-hybridized carbons (Fsp3) is 0.